The lowest BCUT2D eigenvalue weighted by atomic mass is 10.1. The van der Waals surface area contributed by atoms with Gasteiger partial charge in [0.25, 0.3) is 5.91 Å². The van der Waals surface area contributed by atoms with Crippen molar-refractivity contribution in [3.05, 3.63) is 40.8 Å². The Labute approximate surface area is 142 Å². The van der Waals surface area contributed by atoms with Gasteiger partial charge in [0, 0.05) is 30.4 Å². The number of tetrazole rings is 1. The Morgan fingerprint density at radius 3 is 2.75 bits per heavy atom. The molecule has 0 aliphatic heterocycles. The van der Waals surface area contributed by atoms with Crippen molar-refractivity contribution in [1.29, 1.82) is 0 Å². The summed E-state index contributed by atoms with van der Waals surface area (Å²) in [4.78, 5) is 21.7. The Kier molecular flexibility index (Phi) is 4.75. The molecule has 0 saturated heterocycles. The fourth-order valence-electron chi connectivity index (χ4n) is 2.12. The van der Waals surface area contributed by atoms with Gasteiger partial charge in [0.1, 0.15) is 11.3 Å². The summed E-state index contributed by atoms with van der Waals surface area (Å²) in [6.45, 7) is 4.86. The van der Waals surface area contributed by atoms with Crippen LogP contribution in [0, 0.1) is 13.8 Å². The first-order chi connectivity index (χ1) is 11.7. The minimum atomic E-state index is -0.155. The van der Waals surface area contributed by atoms with Crippen molar-refractivity contribution < 1.29 is 4.79 Å². The topological polar surface area (TPSA) is 111 Å². The molecular formula is C14H16N8OS. The number of thiophene rings is 1. The second-order valence-electron chi connectivity index (χ2n) is 4.97. The zero-order chi connectivity index (χ0) is 16.9. The third kappa shape index (κ3) is 3.38. The first kappa shape index (κ1) is 16.0. The van der Waals surface area contributed by atoms with Crippen molar-refractivity contribution >= 4 is 23.2 Å². The molecule has 0 aliphatic carbocycles. The number of carbonyl (C=O) groups excluding carboxylic acids is 1. The van der Waals surface area contributed by atoms with E-state index < -0.39 is 0 Å². The summed E-state index contributed by atoms with van der Waals surface area (Å²) in [5.74, 6) is 0.377. The van der Waals surface area contributed by atoms with Gasteiger partial charge in [-0.15, -0.1) is 16.4 Å². The normalized spacial score (nSPS) is 10.6. The highest BCUT2D eigenvalue weighted by Crippen LogP contribution is 2.29. The number of aromatic nitrogens is 6. The van der Waals surface area contributed by atoms with Gasteiger partial charge in [-0.3, -0.25) is 4.79 Å². The Morgan fingerprint density at radius 1 is 1.25 bits per heavy atom. The largest absolute Gasteiger partial charge is 0.352 e. The predicted octanol–water partition coefficient (Wildman–Crippen LogP) is 0.973. The van der Waals surface area contributed by atoms with Crippen molar-refractivity contribution in [2.75, 3.05) is 18.4 Å². The van der Waals surface area contributed by atoms with Crippen LogP contribution in [0.25, 0.3) is 5.00 Å². The molecule has 0 saturated carbocycles. The Morgan fingerprint density at radius 2 is 2.04 bits per heavy atom. The molecule has 10 heteroatoms. The van der Waals surface area contributed by atoms with Crippen molar-refractivity contribution in [2.24, 2.45) is 0 Å². The number of anilines is 1. The quantitative estimate of drug-likeness (QED) is 0.641. The van der Waals surface area contributed by atoms with Crippen molar-refractivity contribution in [1.82, 2.24) is 35.5 Å². The van der Waals surface area contributed by atoms with Gasteiger partial charge in [0.05, 0.1) is 5.56 Å². The molecule has 0 spiro atoms. The number of nitrogens with zero attached hydrogens (tertiary/aromatic N) is 6. The fraction of sp³-hybridized carbons (Fsp3) is 0.286. The Balaban J connectivity index is 1.65. The van der Waals surface area contributed by atoms with Gasteiger partial charge in [-0.05, 0) is 35.9 Å². The molecule has 0 radical (unpaired) electrons. The van der Waals surface area contributed by atoms with Gasteiger partial charge in [-0.2, -0.15) is 4.68 Å². The van der Waals surface area contributed by atoms with E-state index in [1.165, 1.54) is 22.3 Å². The second kappa shape index (κ2) is 7.13. The molecule has 3 rings (SSSR count). The van der Waals surface area contributed by atoms with Crippen LogP contribution in [0.3, 0.4) is 0 Å². The van der Waals surface area contributed by atoms with E-state index in [4.69, 9.17) is 0 Å². The summed E-state index contributed by atoms with van der Waals surface area (Å²) in [5, 5.41) is 17.8. The average Bonchev–Trinajstić information content (AvgIpc) is 3.21. The SMILES string of the molecule is Cc1sc(-n2cnnn2)c(C(=O)NCCNc2ncccn2)c1C. The first-order valence-corrected chi connectivity index (χ1v) is 8.11. The predicted molar refractivity (Wildman–Crippen MR) is 89.4 cm³/mol. The molecule has 24 heavy (non-hydrogen) atoms. The van der Waals surface area contributed by atoms with Gasteiger partial charge in [0.15, 0.2) is 0 Å². The molecule has 0 atom stereocenters. The number of aryl methyl sites for hydroxylation is 1. The van der Waals surface area contributed by atoms with Crippen LogP contribution in [0.15, 0.2) is 24.8 Å². The molecule has 0 bridgehead atoms. The number of hydrogen-bond donors (Lipinski definition) is 2. The van der Waals surface area contributed by atoms with E-state index in [0.717, 1.165) is 10.4 Å². The second-order valence-corrected chi connectivity index (χ2v) is 6.18. The lowest BCUT2D eigenvalue weighted by Gasteiger charge is -2.08. The van der Waals surface area contributed by atoms with Gasteiger partial charge in [-0.25, -0.2) is 9.97 Å². The summed E-state index contributed by atoms with van der Waals surface area (Å²) in [5.41, 5.74) is 1.53. The average molecular weight is 344 g/mol. The highest BCUT2D eigenvalue weighted by atomic mass is 32.1. The van der Waals surface area contributed by atoms with Crippen LogP contribution < -0.4 is 10.6 Å². The number of nitrogens with one attached hydrogen (secondary N) is 2. The van der Waals surface area contributed by atoms with Crippen molar-refractivity contribution in [3.63, 3.8) is 0 Å². The minimum Gasteiger partial charge on any atom is -0.352 e. The van der Waals surface area contributed by atoms with Crippen molar-refractivity contribution in [2.45, 2.75) is 13.8 Å². The van der Waals surface area contributed by atoms with E-state index in [1.807, 2.05) is 13.8 Å². The monoisotopic (exact) mass is 344 g/mol. The molecule has 3 heterocycles. The van der Waals surface area contributed by atoms with E-state index >= 15 is 0 Å². The summed E-state index contributed by atoms with van der Waals surface area (Å²) >= 11 is 1.49. The van der Waals surface area contributed by atoms with Gasteiger partial charge >= 0.3 is 0 Å². The van der Waals surface area contributed by atoms with Crippen LogP contribution in [-0.2, 0) is 0 Å². The maximum Gasteiger partial charge on any atom is 0.254 e. The lowest BCUT2D eigenvalue weighted by molar-refractivity contribution is 0.0955. The maximum atomic E-state index is 12.6. The van der Waals surface area contributed by atoms with Gasteiger partial charge < -0.3 is 10.6 Å². The molecule has 0 fully saturated rings. The summed E-state index contributed by atoms with van der Waals surface area (Å²) < 4.78 is 1.51. The smallest absolute Gasteiger partial charge is 0.254 e. The molecule has 0 aromatic carbocycles. The van der Waals surface area contributed by atoms with E-state index in [0.29, 0.717) is 29.6 Å². The Bertz CT molecular complexity index is 815. The molecule has 3 aromatic heterocycles. The number of hydrogen-bond acceptors (Lipinski definition) is 8. The number of carbonyl (C=O) groups is 1. The maximum absolute atomic E-state index is 12.6. The van der Waals surface area contributed by atoms with Gasteiger partial charge in [-0.1, -0.05) is 0 Å². The Hall–Kier alpha value is -2.88. The van der Waals surface area contributed by atoms with E-state index in [-0.39, 0.29) is 5.91 Å². The highest BCUT2D eigenvalue weighted by molar-refractivity contribution is 7.15. The summed E-state index contributed by atoms with van der Waals surface area (Å²) in [6, 6.07) is 1.75. The molecule has 2 N–H and O–H groups in total. The zero-order valence-electron chi connectivity index (χ0n) is 13.2. The fourth-order valence-corrected chi connectivity index (χ4v) is 3.19. The standard InChI is InChI=1S/C14H16N8OS/c1-9-10(2)24-13(22-8-19-20-21-22)11(9)12(23)15-6-7-18-14-16-4-3-5-17-14/h3-5,8H,6-7H2,1-2H3,(H,15,23)(H,16,17,18). The molecule has 9 nitrogen and oxygen atoms in total. The van der Waals surface area contributed by atoms with Gasteiger partial charge in [0.2, 0.25) is 5.95 Å². The molecule has 124 valence electrons. The van der Waals surface area contributed by atoms with Crippen LogP contribution in [0.4, 0.5) is 5.95 Å². The number of amides is 1. The number of rotatable bonds is 6. The van der Waals surface area contributed by atoms with Crippen LogP contribution >= 0.6 is 11.3 Å². The third-order valence-electron chi connectivity index (χ3n) is 3.41. The zero-order valence-corrected chi connectivity index (χ0v) is 14.0. The van der Waals surface area contributed by atoms with E-state index in [2.05, 4.69) is 36.1 Å². The van der Waals surface area contributed by atoms with Crippen LogP contribution in [-0.4, -0.2) is 49.2 Å². The molecule has 0 unspecified atom stereocenters. The first-order valence-electron chi connectivity index (χ1n) is 7.29. The van der Waals surface area contributed by atoms with Crippen molar-refractivity contribution in [3.8, 4) is 5.00 Å². The van der Waals surface area contributed by atoms with E-state index in [9.17, 15) is 4.79 Å². The highest BCUT2D eigenvalue weighted by Gasteiger charge is 2.21. The third-order valence-corrected chi connectivity index (χ3v) is 4.61. The minimum absolute atomic E-state index is 0.155. The lowest BCUT2D eigenvalue weighted by Crippen LogP contribution is -2.30. The van der Waals surface area contributed by atoms with Crippen LogP contribution in [0.2, 0.25) is 0 Å². The van der Waals surface area contributed by atoms with Crippen LogP contribution in [0.5, 0.6) is 0 Å². The molecule has 0 aliphatic rings. The summed E-state index contributed by atoms with van der Waals surface area (Å²) in [7, 11) is 0. The molecule has 3 aromatic rings. The molecular weight excluding hydrogens is 328 g/mol. The summed E-state index contributed by atoms with van der Waals surface area (Å²) in [6.07, 6.45) is 4.80. The van der Waals surface area contributed by atoms with Crippen LogP contribution in [0.1, 0.15) is 20.8 Å². The van der Waals surface area contributed by atoms with E-state index in [1.54, 1.807) is 18.5 Å². The molecule has 1 amide bonds.